The highest BCUT2D eigenvalue weighted by atomic mass is 16.5. The van der Waals surface area contributed by atoms with Crippen molar-refractivity contribution in [1.82, 2.24) is 14.5 Å². The number of hydrogen-bond acceptors (Lipinski definition) is 4. The van der Waals surface area contributed by atoms with Crippen molar-refractivity contribution < 1.29 is 4.74 Å². The summed E-state index contributed by atoms with van der Waals surface area (Å²) < 4.78 is 7.72. The first-order valence-corrected chi connectivity index (χ1v) is 8.34. The Labute approximate surface area is 128 Å². The van der Waals surface area contributed by atoms with Crippen LogP contribution in [0.1, 0.15) is 44.8 Å². The molecule has 0 aliphatic carbocycles. The Morgan fingerprint density at radius 1 is 1.43 bits per heavy atom. The van der Waals surface area contributed by atoms with E-state index in [0.717, 1.165) is 50.9 Å². The molecule has 1 fully saturated rings. The molecule has 0 amide bonds. The van der Waals surface area contributed by atoms with E-state index in [2.05, 4.69) is 39.8 Å². The second kappa shape index (κ2) is 8.39. The van der Waals surface area contributed by atoms with Gasteiger partial charge in [-0.3, -0.25) is 0 Å². The van der Waals surface area contributed by atoms with E-state index in [1.165, 1.54) is 19.4 Å². The average Bonchev–Trinajstić information content (AvgIpc) is 2.88. The number of likely N-dealkylation sites (N-methyl/N-ethyl adjacent to an activating group) is 1. The monoisotopic (exact) mass is 294 g/mol. The lowest BCUT2D eigenvalue weighted by Crippen LogP contribution is -2.36. The van der Waals surface area contributed by atoms with Crippen LogP contribution in [0, 0.1) is 6.92 Å². The van der Waals surface area contributed by atoms with Gasteiger partial charge in [0, 0.05) is 38.5 Å². The molecule has 1 aromatic heterocycles. The quantitative estimate of drug-likeness (QED) is 0.749. The summed E-state index contributed by atoms with van der Waals surface area (Å²) in [6.45, 7) is 12.4. The molecule has 120 valence electrons. The minimum absolute atomic E-state index is 0.550. The van der Waals surface area contributed by atoms with E-state index >= 15 is 0 Å². The lowest BCUT2D eigenvalue weighted by Gasteiger charge is -2.33. The van der Waals surface area contributed by atoms with Gasteiger partial charge in [0.2, 0.25) is 5.95 Å². The van der Waals surface area contributed by atoms with E-state index in [9.17, 15) is 0 Å². The zero-order chi connectivity index (χ0) is 15.1. The maximum Gasteiger partial charge on any atom is 0.203 e. The minimum Gasteiger partial charge on any atom is -0.382 e. The van der Waals surface area contributed by atoms with Crippen LogP contribution in [0.15, 0.2) is 6.20 Å². The molecule has 2 heterocycles. The van der Waals surface area contributed by atoms with Crippen LogP contribution < -0.4 is 5.32 Å². The highest BCUT2D eigenvalue weighted by molar-refractivity contribution is 5.29. The van der Waals surface area contributed by atoms with Gasteiger partial charge in [0.05, 0.1) is 5.69 Å². The summed E-state index contributed by atoms with van der Waals surface area (Å²) in [7, 11) is 0. The van der Waals surface area contributed by atoms with Gasteiger partial charge < -0.3 is 19.5 Å². The van der Waals surface area contributed by atoms with E-state index in [1.807, 2.05) is 6.92 Å². The number of aryl methyl sites for hydroxylation is 1. The first-order valence-electron chi connectivity index (χ1n) is 8.34. The van der Waals surface area contributed by atoms with Gasteiger partial charge in [-0.15, -0.1) is 0 Å². The Balaban J connectivity index is 1.92. The summed E-state index contributed by atoms with van der Waals surface area (Å²) in [5, 5.41) is 3.48. The van der Waals surface area contributed by atoms with Crippen LogP contribution in [0.25, 0.3) is 0 Å². The molecule has 0 spiro atoms. The molecule has 0 aromatic carbocycles. The fourth-order valence-electron chi connectivity index (χ4n) is 2.99. The maximum absolute atomic E-state index is 5.38. The van der Waals surface area contributed by atoms with E-state index in [0.29, 0.717) is 6.04 Å². The molecule has 1 atom stereocenters. The summed E-state index contributed by atoms with van der Waals surface area (Å²) in [5.74, 6) is 1.02. The number of nitrogens with zero attached hydrogens (tertiary/aromatic N) is 3. The van der Waals surface area contributed by atoms with E-state index in [4.69, 9.17) is 4.74 Å². The van der Waals surface area contributed by atoms with Crippen molar-refractivity contribution in [2.45, 2.75) is 46.1 Å². The van der Waals surface area contributed by atoms with Crippen molar-refractivity contribution in [2.24, 2.45) is 0 Å². The zero-order valence-corrected chi connectivity index (χ0v) is 13.8. The van der Waals surface area contributed by atoms with Crippen LogP contribution in [0.3, 0.4) is 0 Å². The topological polar surface area (TPSA) is 42.3 Å². The maximum atomic E-state index is 5.38. The van der Waals surface area contributed by atoms with Gasteiger partial charge in [-0.2, -0.15) is 0 Å². The normalized spacial score (nSPS) is 19.9. The second-order valence-electron chi connectivity index (χ2n) is 5.78. The summed E-state index contributed by atoms with van der Waals surface area (Å²) in [4.78, 5) is 7.18. The Kier molecular flexibility index (Phi) is 6.51. The molecule has 1 aliphatic rings. The van der Waals surface area contributed by atoms with Crippen LogP contribution in [0.4, 0.5) is 5.95 Å². The van der Waals surface area contributed by atoms with Crippen LogP contribution in [-0.2, 0) is 4.74 Å². The smallest absolute Gasteiger partial charge is 0.203 e. The number of rotatable bonds is 8. The largest absolute Gasteiger partial charge is 0.382 e. The molecule has 0 radical (unpaired) electrons. The molecule has 0 saturated carbocycles. The summed E-state index contributed by atoms with van der Waals surface area (Å²) >= 11 is 0. The standard InChI is InChI=1S/C16H30N4O/c1-4-19-10-6-8-15(13-19)20-12-14(3)18-16(20)17-9-7-11-21-5-2/h12,15H,4-11,13H2,1-3H3,(H,17,18). The van der Waals surface area contributed by atoms with Gasteiger partial charge in [-0.25, -0.2) is 4.98 Å². The van der Waals surface area contributed by atoms with Crippen molar-refractivity contribution in [3.8, 4) is 0 Å². The number of anilines is 1. The number of aromatic nitrogens is 2. The molecule has 1 aliphatic heterocycles. The first-order chi connectivity index (χ1) is 10.2. The van der Waals surface area contributed by atoms with Crippen LogP contribution in [0.2, 0.25) is 0 Å². The third-order valence-electron chi connectivity index (χ3n) is 4.13. The second-order valence-corrected chi connectivity index (χ2v) is 5.78. The molecule has 1 aromatic rings. The first kappa shape index (κ1) is 16.3. The summed E-state index contributed by atoms with van der Waals surface area (Å²) in [6.07, 6.45) is 5.74. The van der Waals surface area contributed by atoms with Gasteiger partial charge in [-0.1, -0.05) is 6.92 Å². The zero-order valence-electron chi connectivity index (χ0n) is 13.8. The van der Waals surface area contributed by atoms with Crippen molar-refractivity contribution >= 4 is 5.95 Å². The number of piperidine rings is 1. The van der Waals surface area contributed by atoms with Gasteiger partial charge in [0.1, 0.15) is 0 Å². The van der Waals surface area contributed by atoms with E-state index in [-0.39, 0.29) is 0 Å². The SMILES string of the molecule is CCOCCCNc1nc(C)cn1C1CCCN(CC)C1. The van der Waals surface area contributed by atoms with Crippen molar-refractivity contribution in [2.75, 3.05) is 44.7 Å². The fraction of sp³-hybridized carbons (Fsp3) is 0.812. The molecule has 1 saturated heterocycles. The fourth-order valence-corrected chi connectivity index (χ4v) is 2.99. The van der Waals surface area contributed by atoms with Gasteiger partial charge in [0.15, 0.2) is 0 Å². The molecular formula is C16H30N4O. The molecule has 0 bridgehead atoms. The van der Waals surface area contributed by atoms with Crippen molar-refractivity contribution in [3.05, 3.63) is 11.9 Å². The van der Waals surface area contributed by atoms with Crippen molar-refractivity contribution in [1.29, 1.82) is 0 Å². The molecule has 2 rings (SSSR count). The Hall–Kier alpha value is -1.07. The van der Waals surface area contributed by atoms with Crippen LogP contribution >= 0.6 is 0 Å². The number of imidazole rings is 1. The van der Waals surface area contributed by atoms with Gasteiger partial charge in [0.25, 0.3) is 0 Å². The number of ether oxygens (including phenoxy) is 1. The molecule has 5 nitrogen and oxygen atoms in total. The minimum atomic E-state index is 0.550. The summed E-state index contributed by atoms with van der Waals surface area (Å²) in [6, 6.07) is 0.550. The Bertz CT molecular complexity index is 418. The lowest BCUT2D eigenvalue weighted by atomic mass is 10.1. The van der Waals surface area contributed by atoms with E-state index < -0.39 is 0 Å². The van der Waals surface area contributed by atoms with Crippen LogP contribution in [0.5, 0.6) is 0 Å². The van der Waals surface area contributed by atoms with Gasteiger partial charge >= 0.3 is 0 Å². The number of likely N-dealkylation sites (tertiary alicyclic amines) is 1. The molecule has 1 N–H and O–H groups in total. The third-order valence-corrected chi connectivity index (χ3v) is 4.13. The van der Waals surface area contributed by atoms with Gasteiger partial charge in [-0.05, 0) is 46.2 Å². The molecule has 1 unspecified atom stereocenters. The third kappa shape index (κ3) is 4.71. The van der Waals surface area contributed by atoms with Crippen LogP contribution in [-0.4, -0.2) is 53.8 Å². The van der Waals surface area contributed by atoms with E-state index in [1.54, 1.807) is 0 Å². The lowest BCUT2D eigenvalue weighted by molar-refractivity contribution is 0.147. The number of nitrogens with one attached hydrogen (secondary N) is 1. The molecular weight excluding hydrogens is 264 g/mol. The average molecular weight is 294 g/mol. The van der Waals surface area contributed by atoms with Crippen molar-refractivity contribution in [3.63, 3.8) is 0 Å². The molecule has 5 heteroatoms. The predicted octanol–water partition coefficient (Wildman–Crippen LogP) is 2.69. The highest BCUT2D eigenvalue weighted by Gasteiger charge is 2.22. The Morgan fingerprint density at radius 3 is 3.05 bits per heavy atom. The summed E-state index contributed by atoms with van der Waals surface area (Å²) in [5.41, 5.74) is 1.09. The predicted molar refractivity (Wildman–Crippen MR) is 86.9 cm³/mol. The highest BCUT2D eigenvalue weighted by Crippen LogP contribution is 2.25. The number of hydrogen-bond donors (Lipinski definition) is 1. The Morgan fingerprint density at radius 2 is 2.29 bits per heavy atom. The molecule has 21 heavy (non-hydrogen) atoms.